The molecule has 2 N–H and O–H groups in total. The molecule has 0 amide bonds. The van der Waals surface area contributed by atoms with Crippen LogP contribution in [0.5, 0.6) is 0 Å². The van der Waals surface area contributed by atoms with Crippen molar-refractivity contribution in [1.82, 2.24) is 9.97 Å². The number of benzene rings is 2. The number of halogens is 1. The van der Waals surface area contributed by atoms with Gasteiger partial charge in [0, 0.05) is 43.8 Å². The second kappa shape index (κ2) is 8.49. The fourth-order valence-corrected chi connectivity index (χ4v) is 2.71. The number of aromatic nitrogens is 2. The molecule has 0 radical (unpaired) electrons. The fraction of sp³-hybridized carbons (Fsp3) is 0.238. The molecule has 0 unspecified atom stereocenters. The summed E-state index contributed by atoms with van der Waals surface area (Å²) in [6.45, 7) is 2.48. The van der Waals surface area contributed by atoms with Crippen LogP contribution in [0.1, 0.15) is 11.3 Å². The van der Waals surface area contributed by atoms with Crippen LogP contribution in [0.3, 0.4) is 0 Å². The summed E-state index contributed by atoms with van der Waals surface area (Å²) in [5, 5.41) is 6.47. The molecule has 0 saturated carbocycles. The van der Waals surface area contributed by atoms with Gasteiger partial charge in [-0.2, -0.15) is 4.98 Å². The minimum Gasteiger partial charge on any atom is -0.378 e. The fourth-order valence-electron chi connectivity index (χ4n) is 2.71. The van der Waals surface area contributed by atoms with Gasteiger partial charge in [-0.15, -0.1) is 0 Å². The highest BCUT2D eigenvalue weighted by Crippen LogP contribution is 2.20. The summed E-state index contributed by atoms with van der Waals surface area (Å²) in [6.07, 6.45) is 0.568. The summed E-state index contributed by atoms with van der Waals surface area (Å²) >= 11 is 0. The highest BCUT2D eigenvalue weighted by Gasteiger charge is 2.05. The average molecular weight is 365 g/mol. The third kappa shape index (κ3) is 5.17. The minimum absolute atomic E-state index is 0.187. The van der Waals surface area contributed by atoms with Crippen LogP contribution >= 0.6 is 0 Å². The number of nitrogens with zero attached hydrogens (tertiary/aromatic N) is 3. The number of aryl methyl sites for hydroxylation is 1. The first-order valence-corrected chi connectivity index (χ1v) is 8.88. The Morgan fingerprint density at radius 1 is 1.00 bits per heavy atom. The third-order valence-electron chi connectivity index (χ3n) is 4.15. The molecule has 3 rings (SSSR count). The first-order chi connectivity index (χ1) is 13.0. The van der Waals surface area contributed by atoms with Crippen LogP contribution in [0.25, 0.3) is 0 Å². The molecule has 140 valence electrons. The molecule has 0 atom stereocenters. The van der Waals surface area contributed by atoms with Gasteiger partial charge in [-0.1, -0.05) is 18.2 Å². The van der Waals surface area contributed by atoms with Crippen molar-refractivity contribution in [3.63, 3.8) is 0 Å². The molecule has 5 nitrogen and oxygen atoms in total. The van der Waals surface area contributed by atoms with Crippen molar-refractivity contribution in [1.29, 1.82) is 0 Å². The predicted octanol–water partition coefficient (Wildman–Crippen LogP) is 4.39. The molecule has 0 fully saturated rings. The number of anilines is 4. The molecule has 0 aliphatic carbocycles. The predicted molar refractivity (Wildman–Crippen MR) is 109 cm³/mol. The Bertz CT molecular complexity index is 893. The second-order valence-electron chi connectivity index (χ2n) is 6.55. The highest BCUT2D eigenvalue weighted by atomic mass is 19.1. The lowest BCUT2D eigenvalue weighted by Crippen LogP contribution is -2.10. The molecule has 3 aromatic rings. The molecule has 1 aromatic heterocycles. The number of rotatable bonds is 7. The number of nitrogens with one attached hydrogen (secondary N) is 2. The average Bonchev–Trinajstić information content (AvgIpc) is 2.63. The lowest BCUT2D eigenvalue weighted by Gasteiger charge is -2.14. The van der Waals surface area contributed by atoms with Gasteiger partial charge in [0.15, 0.2) is 0 Å². The van der Waals surface area contributed by atoms with Crippen LogP contribution in [0.2, 0.25) is 0 Å². The van der Waals surface area contributed by atoms with Crippen molar-refractivity contribution in [3.8, 4) is 0 Å². The molecule has 27 heavy (non-hydrogen) atoms. The van der Waals surface area contributed by atoms with E-state index in [1.54, 1.807) is 12.1 Å². The van der Waals surface area contributed by atoms with Gasteiger partial charge < -0.3 is 15.5 Å². The van der Waals surface area contributed by atoms with E-state index in [-0.39, 0.29) is 5.82 Å². The van der Waals surface area contributed by atoms with Gasteiger partial charge in [-0.25, -0.2) is 9.37 Å². The Morgan fingerprint density at radius 3 is 2.44 bits per heavy atom. The van der Waals surface area contributed by atoms with Gasteiger partial charge >= 0.3 is 0 Å². The monoisotopic (exact) mass is 365 g/mol. The van der Waals surface area contributed by atoms with Crippen LogP contribution in [-0.4, -0.2) is 30.6 Å². The van der Waals surface area contributed by atoms with Gasteiger partial charge in [-0.3, -0.25) is 0 Å². The van der Waals surface area contributed by atoms with Crippen LogP contribution < -0.4 is 15.5 Å². The van der Waals surface area contributed by atoms with E-state index in [2.05, 4.69) is 25.5 Å². The number of hydrogen-bond donors (Lipinski definition) is 2. The molecule has 2 aromatic carbocycles. The van der Waals surface area contributed by atoms with E-state index in [0.717, 1.165) is 17.1 Å². The topological polar surface area (TPSA) is 53.1 Å². The smallest absolute Gasteiger partial charge is 0.224 e. The van der Waals surface area contributed by atoms with Crippen molar-refractivity contribution in [2.75, 3.05) is 36.2 Å². The van der Waals surface area contributed by atoms with Gasteiger partial charge in [-0.05, 0) is 49.2 Å². The molecular weight excluding hydrogens is 341 g/mol. The van der Waals surface area contributed by atoms with E-state index < -0.39 is 0 Å². The van der Waals surface area contributed by atoms with E-state index in [1.165, 1.54) is 6.07 Å². The molecule has 0 bridgehead atoms. The Labute approximate surface area is 159 Å². The van der Waals surface area contributed by atoms with Gasteiger partial charge in [0.05, 0.1) is 0 Å². The van der Waals surface area contributed by atoms with E-state index in [1.807, 2.05) is 57.4 Å². The van der Waals surface area contributed by atoms with Crippen molar-refractivity contribution in [2.24, 2.45) is 0 Å². The van der Waals surface area contributed by atoms with Gasteiger partial charge in [0.1, 0.15) is 11.6 Å². The molecule has 0 aliphatic heterocycles. The lowest BCUT2D eigenvalue weighted by atomic mass is 10.1. The summed E-state index contributed by atoms with van der Waals surface area (Å²) in [6, 6.07) is 16.8. The van der Waals surface area contributed by atoms with E-state index in [4.69, 9.17) is 0 Å². The quantitative estimate of drug-likeness (QED) is 0.650. The van der Waals surface area contributed by atoms with Crippen molar-refractivity contribution < 1.29 is 4.39 Å². The standard InChI is InChI=1S/C21H24FN5/c1-15-14-20(25-17-8-10-18(11-9-17)27(2)3)26-21(24-15)23-13-12-16-6-4-5-7-19(16)22/h4-11,14H,12-13H2,1-3H3,(H2,23,24,25,26). The lowest BCUT2D eigenvalue weighted by molar-refractivity contribution is 0.610. The van der Waals surface area contributed by atoms with E-state index in [0.29, 0.717) is 30.3 Å². The first kappa shape index (κ1) is 18.6. The summed E-state index contributed by atoms with van der Waals surface area (Å²) in [5.41, 5.74) is 3.62. The molecule has 0 spiro atoms. The molecule has 6 heteroatoms. The maximum Gasteiger partial charge on any atom is 0.224 e. The van der Waals surface area contributed by atoms with Crippen LogP contribution in [0, 0.1) is 12.7 Å². The normalized spacial score (nSPS) is 10.5. The first-order valence-electron chi connectivity index (χ1n) is 8.88. The summed E-state index contributed by atoms with van der Waals surface area (Å²) in [7, 11) is 4.02. The summed E-state index contributed by atoms with van der Waals surface area (Å²) in [5.74, 6) is 1.06. The molecule has 0 saturated heterocycles. The van der Waals surface area contributed by atoms with Crippen LogP contribution in [0.15, 0.2) is 54.6 Å². The Hall–Kier alpha value is -3.15. The van der Waals surface area contributed by atoms with Gasteiger partial charge in [0.2, 0.25) is 5.95 Å². The van der Waals surface area contributed by atoms with Crippen LogP contribution in [-0.2, 0) is 6.42 Å². The molecular formula is C21H24FN5. The molecule has 0 aliphatic rings. The third-order valence-corrected chi connectivity index (χ3v) is 4.15. The van der Waals surface area contributed by atoms with Crippen LogP contribution in [0.4, 0.5) is 27.5 Å². The van der Waals surface area contributed by atoms with Crippen molar-refractivity contribution >= 4 is 23.1 Å². The Morgan fingerprint density at radius 2 is 1.74 bits per heavy atom. The molecule has 1 heterocycles. The zero-order valence-electron chi connectivity index (χ0n) is 15.8. The van der Waals surface area contributed by atoms with Gasteiger partial charge in [0.25, 0.3) is 0 Å². The van der Waals surface area contributed by atoms with E-state index in [9.17, 15) is 4.39 Å². The van der Waals surface area contributed by atoms with E-state index >= 15 is 0 Å². The highest BCUT2D eigenvalue weighted by molar-refractivity contribution is 5.61. The maximum atomic E-state index is 13.7. The summed E-state index contributed by atoms with van der Waals surface area (Å²) < 4.78 is 13.7. The maximum absolute atomic E-state index is 13.7. The zero-order chi connectivity index (χ0) is 19.2. The van der Waals surface area contributed by atoms with Crippen molar-refractivity contribution in [2.45, 2.75) is 13.3 Å². The summed E-state index contributed by atoms with van der Waals surface area (Å²) in [4.78, 5) is 11.0. The Kier molecular flexibility index (Phi) is 5.86. The van der Waals surface area contributed by atoms with Crippen molar-refractivity contribution in [3.05, 3.63) is 71.7 Å². The second-order valence-corrected chi connectivity index (χ2v) is 6.55. The SMILES string of the molecule is Cc1cc(Nc2ccc(N(C)C)cc2)nc(NCCc2ccccc2F)n1. The zero-order valence-corrected chi connectivity index (χ0v) is 15.8. The largest absolute Gasteiger partial charge is 0.378 e. The number of hydrogen-bond acceptors (Lipinski definition) is 5. The Balaban J connectivity index is 1.64. The minimum atomic E-state index is -0.187.